The number of hydrogen-bond donors (Lipinski definition) is 0. The van der Waals surface area contributed by atoms with Crippen LogP contribution >= 0.6 is 11.6 Å². The van der Waals surface area contributed by atoms with Gasteiger partial charge in [0.1, 0.15) is 5.82 Å². The first-order chi connectivity index (χ1) is 16.8. The Bertz CT molecular complexity index is 1420. The van der Waals surface area contributed by atoms with Gasteiger partial charge in [-0.25, -0.2) is 9.37 Å². The van der Waals surface area contributed by atoms with E-state index in [-0.39, 0.29) is 11.7 Å². The number of halogens is 2. The minimum Gasteiger partial charge on any atom is -0.336 e. The summed E-state index contributed by atoms with van der Waals surface area (Å²) in [4.78, 5) is 22.7. The second-order valence-electron chi connectivity index (χ2n) is 9.05. The summed E-state index contributed by atoms with van der Waals surface area (Å²) in [5.41, 5.74) is 5.97. The van der Waals surface area contributed by atoms with E-state index in [0.29, 0.717) is 30.2 Å². The van der Waals surface area contributed by atoms with Crippen molar-refractivity contribution < 1.29 is 9.18 Å². The first-order valence-corrected chi connectivity index (χ1v) is 12.1. The van der Waals surface area contributed by atoms with E-state index in [1.54, 1.807) is 6.07 Å². The van der Waals surface area contributed by atoms with Crippen LogP contribution in [0.15, 0.2) is 48.5 Å². The molecule has 0 radical (unpaired) electrons. The number of piperazine rings is 1. The molecule has 3 heterocycles. The molecule has 2 aromatic carbocycles. The van der Waals surface area contributed by atoms with Crippen molar-refractivity contribution in [3.63, 3.8) is 0 Å². The van der Waals surface area contributed by atoms with Crippen molar-refractivity contribution in [1.82, 2.24) is 24.6 Å². The van der Waals surface area contributed by atoms with E-state index in [4.69, 9.17) is 16.6 Å². The minimum absolute atomic E-state index is 0.00325. The van der Waals surface area contributed by atoms with Gasteiger partial charge in [-0.1, -0.05) is 35.9 Å². The molecular weight excluding hydrogens is 465 g/mol. The maximum Gasteiger partial charge on any atom is 0.254 e. The SMILES string of the molecule is Cc1nn(C)c(C)c1-c1cc(C(=O)N2CCN(Cc3ccc(F)cc3Cl)CC2)c2ccccc2n1. The quantitative estimate of drug-likeness (QED) is 0.403. The van der Waals surface area contributed by atoms with Crippen molar-refractivity contribution in [3.8, 4) is 11.3 Å². The van der Waals surface area contributed by atoms with E-state index in [1.165, 1.54) is 12.1 Å². The van der Waals surface area contributed by atoms with Crippen LogP contribution in [0.1, 0.15) is 27.3 Å². The van der Waals surface area contributed by atoms with Gasteiger partial charge < -0.3 is 4.90 Å². The standard InChI is InChI=1S/C27H27ClFN5O/c1-17-26(18(2)32(3)31-17)25-15-22(21-6-4-5-7-24(21)30-25)27(35)34-12-10-33(11-13-34)16-19-8-9-20(29)14-23(19)28/h4-9,14-15H,10-13,16H2,1-3H3. The zero-order valence-electron chi connectivity index (χ0n) is 20.1. The third-order valence-corrected chi connectivity index (χ3v) is 7.13. The molecule has 8 heteroatoms. The fourth-order valence-corrected chi connectivity index (χ4v) is 5.02. The van der Waals surface area contributed by atoms with Crippen molar-refractivity contribution >= 4 is 28.4 Å². The van der Waals surface area contributed by atoms with Crippen molar-refractivity contribution in [2.45, 2.75) is 20.4 Å². The summed E-state index contributed by atoms with van der Waals surface area (Å²) >= 11 is 6.21. The molecule has 1 saturated heterocycles. The van der Waals surface area contributed by atoms with E-state index < -0.39 is 0 Å². The monoisotopic (exact) mass is 491 g/mol. The van der Waals surface area contributed by atoms with Gasteiger partial charge in [0.2, 0.25) is 0 Å². The largest absolute Gasteiger partial charge is 0.336 e. The van der Waals surface area contributed by atoms with Crippen LogP contribution in [-0.2, 0) is 13.6 Å². The van der Waals surface area contributed by atoms with E-state index in [1.807, 2.05) is 60.8 Å². The zero-order valence-corrected chi connectivity index (χ0v) is 20.8. The molecule has 1 aliphatic rings. The van der Waals surface area contributed by atoms with Crippen molar-refractivity contribution in [3.05, 3.63) is 81.9 Å². The maximum absolute atomic E-state index is 13.7. The third kappa shape index (κ3) is 4.54. The van der Waals surface area contributed by atoms with Crippen LogP contribution in [0.5, 0.6) is 0 Å². The number of nitrogens with zero attached hydrogens (tertiary/aromatic N) is 5. The van der Waals surface area contributed by atoms with Crippen LogP contribution in [0.4, 0.5) is 4.39 Å². The fourth-order valence-electron chi connectivity index (χ4n) is 4.79. The number of aryl methyl sites for hydroxylation is 2. The van der Waals surface area contributed by atoms with Gasteiger partial charge in [-0.2, -0.15) is 5.10 Å². The number of amides is 1. The van der Waals surface area contributed by atoms with Gasteiger partial charge in [-0.3, -0.25) is 14.4 Å². The number of carbonyl (C=O) groups excluding carboxylic acids is 1. The minimum atomic E-state index is -0.338. The molecule has 0 N–H and O–H groups in total. The predicted molar refractivity (Wildman–Crippen MR) is 136 cm³/mol. The van der Waals surface area contributed by atoms with E-state index in [9.17, 15) is 9.18 Å². The number of fused-ring (bicyclic) bond motifs is 1. The molecule has 0 spiro atoms. The first-order valence-electron chi connectivity index (χ1n) is 11.7. The molecule has 180 valence electrons. The molecule has 4 aromatic rings. The Morgan fingerprint density at radius 3 is 2.49 bits per heavy atom. The molecule has 1 amide bonds. The van der Waals surface area contributed by atoms with Crippen LogP contribution < -0.4 is 0 Å². The van der Waals surface area contributed by atoms with E-state index in [0.717, 1.165) is 52.2 Å². The van der Waals surface area contributed by atoms with Crippen LogP contribution in [0.3, 0.4) is 0 Å². The Morgan fingerprint density at radius 2 is 1.80 bits per heavy atom. The van der Waals surface area contributed by atoms with E-state index in [2.05, 4.69) is 10.00 Å². The van der Waals surface area contributed by atoms with Crippen LogP contribution in [0, 0.1) is 19.7 Å². The maximum atomic E-state index is 13.7. The van der Waals surface area contributed by atoms with E-state index >= 15 is 0 Å². The average molecular weight is 492 g/mol. The van der Waals surface area contributed by atoms with Crippen LogP contribution in [0.25, 0.3) is 22.2 Å². The Balaban J connectivity index is 1.40. The number of para-hydroxylation sites is 1. The Labute approximate surface area is 208 Å². The molecule has 0 atom stereocenters. The van der Waals surface area contributed by atoms with Crippen molar-refractivity contribution in [2.24, 2.45) is 7.05 Å². The summed E-state index contributed by atoms with van der Waals surface area (Å²) in [6, 6.07) is 14.2. The lowest BCUT2D eigenvalue weighted by Gasteiger charge is -2.35. The lowest BCUT2D eigenvalue weighted by Crippen LogP contribution is -2.48. The Hall–Kier alpha value is -3.29. The summed E-state index contributed by atoms with van der Waals surface area (Å²) in [6.45, 7) is 7.26. The highest BCUT2D eigenvalue weighted by Crippen LogP contribution is 2.30. The molecule has 5 rings (SSSR count). The molecule has 0 unspecified atom stereocenters. The summed E-state index contributed by atoms with van der Waals surface area (Å²) in [7, 11) is 1.91. The second-order valence-corrected chi connectivity index (χ2v) is 9.45. The highest BCUT2D eigenvalue weighted by Gasteiger charge is 2.25. The topological polar surface area (TPSA) is 54.3 Å². The van der Waals surface area contributed by atoms with Gasteiger partial charge in [-0.15, -0.1) is 0 Å². The lowest BCUT2D eigenvalue weighted by atomic mass is 10.0. The molecule has 0 aliphatic carbocycles. The Morgan fingerprint density at radius 1 is 1.06 bits per heavy atom. The van der Waals surface area contributed by atoms with Crippen LogP contribution in [-0.4, -0.2) is 56.7 Å². The third-order valence-electron chi connectivity index (χ3n) is 6.78. The van der Waals surface area contributed by atoms with Gasteiger partial charge in [0.05, 0.1) is 22.5 Å². The molecule has 1 fully saturated rings. The predicted octanol–water partition coefficient (Wildman–Crippen LogP) is 5.00. The molecular formula is C27H27ClFN5O. The number of pyridine rings is 1. The first kappa shape index (κ1) is 23.5. The highest BCUT2D eigenvalue weighted by atomic mass is 35.5. The summed E-state index contributed by atoms with van der Waals surface area (Å²) < 4.78 is 15.2. The molecule has 6 nitrogen and oxygen atoms in total. The van der Waals surface area contributed by atoms with Gasteiger partial charge >= 0.3 is 0 Å². The summed E-state index contributed by atoms with van der Waals surface area (Å²) in [5.74, 6) is -0.335. The normalized spacial score (nSPS) is 14.6. The number of hydrogen-bond acceptors (Lipinski definition) is 4. The van der Waals surface area contributed by atoms with Crippen LogP contribution in [0.2, 0.25) is 5.02 Å². The molecule has 2 aromatic heterocycles. The lowest BCUT2D eigenvalue weighted by molar-refractivity contribution is 0.0630. The number of carbonyl (C=O) groups is 1. The number of benzene rings is 2. The average Bonchev–Trinajstić information content (AvgIpc) is 3.11. The molecule has 0 bridgehead atoms. The number of aromatic nitrogens is 3. The van der Waals surface area contributed by atoms with Crippen molar-refractivity contribution in [1.29, 1.82) is 0 Å². The highest BCUT2D eigenvalue weighted by molar-refractivity contribution is 6.31. The smallest absolute Gasteiger partial charge is 0.254 e. The van der Waals surface area contributed by atoms with Gasteiger partial charge in [-0.05, 0) is 43.7 Å². The Kier molecular flexibility index (Phi) is 6.30. The van der Waals surface area contributed by atoms with Gasteiger partial charge in [0.25, 0.3) is 5.91 Å². The summed E-state index contributed by atoms with van der Waals surface area (Å²) in [6.07, 6.45) is 0. The van der Waals surface area contributed by atoms with Crippen molar-refractivity contribution in [2.75, 3.05) is 26.2 Å². The molecule has 1 aliphatic heterocycles. The number of rotatable bonds is 4. The van der Waals surface area contributed by atoms with Gasteiger partial charge in [0, 0.05) is 61.4 Å². The fraction of sp³-hybridized carbons (Fsp3) is 0.296. The summed E-state index contributed by atoms with van der Waals surface area (Å²) in [5, 5.41) is 5.81. The second kappa shape index (κ2) is 9.40. The zero-order chi connectivity index (χ0) is 24.7. The van der Waals surface area contributed by atoms with Gasteiger partial charge in [0.15, 0.2) is 0 Å². The molecule has 0 saturated carbocycles. The molecule has 35 heavy (non-hydrogen) atoms.